The third-order valence-corrected chi connectivity index (χ3v) is 4.57. The van der Waals surface area contributed by atoms with Crippen LogP contribution in [0.2, 0.25) is 0 Å². The predicted molar refractivity (Wildman–Crippen MR) is 108 cm³/mol. The van der Waals surface area contributed by atoms with Crippen molar-refractivity contribution in [1.29, 1.82) is 0 Å². The van der Waals surface area contributed by atoms with Gasteiger partial charge in [0, 0.05) is 16.7 Å². The molecule has 2 aromatic rings. The van der Waals surface area contributed by atoms with Crippen molar-refractivity contribution < 1.29 is 4.74 Å². The lowest BCUT2D eigenvalue weighted by Gasteiger charge is -2.07. The lowest BCUT2D eigenvalue weighted by atomic mass is 10.2. The second-order valence-corrected chi connectivity index (χ2v) is 6.99. The Hall–Kier alpha value is -2.14. The van der Waals surface area contributed by atoms with Gasteiger partial charge < -0.3 is 4.74 Å². The van der Waals surface area contributed by atoms with Gasteiger partial charge in [0.1, 0.15) is 5.75 Å². The van der Waals surface area contributed by atoms with E-state index < -0.39 is 0 Å². The highest BCUT2D eigenvalue weighted by atomic mass is 32.1. The van der Waals surface area contributed by atoms with Crippen LogP contribution in [0.5, 0.6) is 5.75 Å². The summed E-state index contributed by atoms with van der Waals surface area (Å²) in [5, 5.41) is 6.95. The number of nitrogens with zero attached hydrogens (tertiary/aromatic N) is 3. The number of aromatic nitrogens is 1. The molecule has 2 rings (SSSR count). The number of hydrogen-bond donors (Lipinski definition) is 0. The first kappa shape index (κ1) is 19.2. The average molecular weight is 358 g/mol. The normalized spacial score (nSPS) is 12.5. The molecule has 134 valence electrons. The fourth-order valence-corrected chi connectivity index (χ4v) is 3.15. The molecule has 0 radical (unpaired) electrons. The summed E-state index contributed by atoms with van der Waals surface area (Å²) in [6.45, 7) is 10.8. The van der Waals surface area contributed by atoms with Gasteiger partial charge in [0.15, 0.2) is 0 Å². The summed E-state index contributed by atoms with van der Waals surface area (Å²) in [7, 11) is 1.68. The third-order valence-electron chi connectivity index (χ3n) is 3.72. The fraction of sp³-hybridized carbons (Fsp3) is 0.400. The lowest BCUT2D eigenvalue weighted by molar-refractivity contribution is 0.415. The molecule has 1 heterocycles. The summed E-state index contributed by atoms with van der Waals surface area (Å²) in [6.07, 6.45) is 3.32. The van der Waals surface area contributed by atoms with Crippen molar-refractivity contribution in [2.45, 2.75) is 40.0 Å². The van der Waals surface area contributed by atoms with Gasteiger partial charge in [0.25, 0.3) is 0 Å². The van der Waals surface area contributed by atoms with E-state index in [2.05, 4.69) is 42.9 Å². The molecule has 0 unspecified atom stereocenters. The van der Waals surface area contributed by atoms with E-state index in [1.54, 1.807) is 18.4 Å². The number of rotatable bonds is 8. The van der Waals surface area contributed by atoms with Crippen LogP contribution in [0.15, 0.2) is 51.9 Å². The number of hydrogen-bond acceptors (Lipinski definition) is 4. The van der Waals surface area contributed by atoms with Crippen LogP contribution in [0.4, 0.5) is 0 Å². The maximum atomic E-state index is 5.25. The SMILES string of the molecule is C=C(C)CN=c1scc(-c2ccc(OC)cc2)n1N=C(C)CCCC. The highest BCUT2D eigenvalue weighted by molar-refractivity contribution is 7.07. The molecule has 0 saturated carbocycles. The Bertz CT molecular complexity index is 797. The number of methoxy groups -OCH3 is 1. The summed E-state index contributed by atoms with van der Waals surface area (Å²) in [5.74, 6) is 0.848. The van der Waals surface area contributed by atoms with E-state index in [0.29, 0.717) is 6.54 Å². The van der Waals surface area contributed by atoms with Gasteiger partial charge in [0.05, 0.1) is 19.3 Å². The molecular weight excluding hydrogens is 330 g/mol. The first-order valence-electron chi connectivity index (χ1n) is 8.59. The van der Waals surface area contributed by atoms with E-state index in [1.165, 1.54) is 6.42 Å². The smallest absolute Gasteiger partial charge is 0.206 e. The molecule has 0 aliphatic carbocycles. The number of thiazole rings is 1. The highest BCUT2D eigenvalue weighted by Gasteiger charge is 2.08. The van der Waals surface area contributed by atoms with Gasteiger partial charge >= 0.3 is 0 Å². The molecule has 0 amide bonds. The zero-order chi connectivity index (χ0) is 18.2. The van der Waals surface area contributed by atoms with E-state index in [9.17, 15) is 0 Å². The number of benzene rings is 1. The standard InChI is InChI=1S/C20H27N3OS/c1-6-7-8-16(4)22-23-19(14-25-20(23)21-13-15(2)3)17-9-11-18(24-5)12-10-17/h9-12,14H,2,6-8,13H2,1,3-5H3. The Balaban J connectivity index is 2.48. The summed E-state index contributed by atoms with van der Waals surface area (Å²) in [6, 6.07) is 8.04. The quantitative estimate of drug-likeness (QED) is 0.477. The zero-order valence-electron chi connectivity index (χ0n) is 15.6. The van der Waals surface area contributed by atoms with E-state index in [4.69, 9.17) is 9.84 Å². The third kappa shape index (κ3) is 5.43. The van der Waals surface area contributed by atoms with Crippen LogP contribution in [0.25, 0.3) is 11.3 Å². The topological polar surface area (TPSA) is 38.9 Å². The van der Waals surface area contributed by atoms with Crippen molar-refractivity contribution in [3.8, 4) is 17.0 Å². The molecule has 0 atom stereocenters. The summed E-state index contributed by atoms with van der Waals surface area (Å²) in [4.78, 5) is 5.56. The molecule has 0 aliphatic heterocycles. The molecule has 4 nitrogen and oxygen atoms in total. The van der Waals surface area contributed by atoms with Gasteiger partial charge in [0.2, 0.25) is 4.80 Å². The second kappa shape index (κ2) is 9.37. The highest BCUT2D eigenvalue weighted by Crippen LogP contribution is 2.23. The minimum Gasteiger partial charge on any atom is -0.497 e. The van der Waals surface area contributed by atoms with Crippen molar-refractivity contribution in [3.63, 3.8) is 0 Å². The Morgan fingerprint density at radius 3 is 2.56 bits per heavy atom. The fourth-order valence-electron chi connectivity index (χ4n) is 2.32. The Morgan fingerprint density at radius 2 is 1.96 bits per heavy atom. The van der Waals surface area contributed by atoms with Crippen molar-refractivity contribution in [1.82, 2.24) is 4.68 Å². The van der Waals surface area contributed by atoms with Gasteiger partial charge in [-0.05, 0) is 51.0 Å². The molecule has 0 bridgehead atoms. The largest absolute Gasteiger partial charge is 0.497 e. The molecule has 0 fully saturated rings. The van der Waals surface area contributed by atoms with Gasteiger partial charge in [-0.1, -0.05) is 25.5 Å². The van der Waals surface area contributed by atoms with E-state index in [0.717, 1.165) is 45.9 Å². The van der Waals surface area contributed by atoms with E-state index in [-0.39, 0.29) is 0 Å². The average Bonchev–Trinajstić information content (AvgIpc) is 3.00. The maximum absolute atomic E-state index is 5.25. The van der Waals surface area contributed by atoms with Crippen LogP contribution in [-0.4, -0.2) is 24.0 Å². The molecule has 1 aromatic carbocycles. The van der Waals surface area contributed by atoms with Crippen LogP contribution in [0.3, 0.4) is 0 Å². The minimum atomic E-state index is 0.617. The van der Waals surface area contributed by atoms with Crippen molar-refractivity contribution in [2.24, 2.45) is 10.1 Å². The van der Waals surface area contributed by atoms with Crippen molar-refractivity contribution in [3.05, 3.63) is 46.6 Å². The van der Waals surface area contributed by atoms with Gasteiger partial charge in [-0.15, -0.1) is 11.3 Å². The molecule has 25 heavy (non-hydrogen) atoms. The van der Waals surface area contributed by atoms with Crippen LogP contribution < -0.4 is 9.54 Å². The molecule has 0 spiro atoms. The Morgan fingerprint density at radius 1 is 1.24 bits per heavy atom. The monoisotopic (exact) mass is 357 g/mol. The minimum absolute atomic E-state index is 0.617. The van der Waals surface area contributed by atoms with Crippen LogP contribution in [0.1, 0.15) is 40.0 Å². The van der Waals surface area contributed by atoms with Crippen molar-refractivity contribution in [2.75, 3.05) is 13.7 Å². The molecular formula is C20H27N3OS. The Labute approximate surface area is 154 Å². The molecule has 5 heteroatoms. The summed E-state index contributed by atoms with van der Waals surface area (Å²) < 4.78 is 7.21. The molecule has 0 N–H and O–H groups in total. The van der Waals surface area contributed by atoms with Gasteiger partial charge in [-0.25, -0.2) is 4.68 Å². The first-order valence-corrected chi connectivity index (χ1v) is 9.47. The maximum Gasteiger partial charge on any atom is 0.206 e. The zero-order valence-corrected chi connectivity index (χ0v) is 16.4. The molecule has 1 aromatic heterocycles. The van der Waals surface area contributed by atoms with E-state index in [1.807, 2.05) is 23.7 Å². The van der Waals surface area contributed by atoms with Crippen LogP contribution in [-0.2, 0) is 0 Å². The second-order valence-electron chi connectivity index (χ2n) is 6.16. The van der Waals surface area contributed by atoms with Crippen LogP contribution >= 0.6 is 11.3 Å². The molecule has 0 aliphatic rings. The van der Waals surface area contributed by atoms with Gasteiger partial charge in [-0.2, -0.15) is 5.10 Å². The summed E-state index contributed by atoms with van der Waals surface area (Å²) in [5.41, 5.74) is 4.30. The van der Waals surface area contributed by atoms with Gasteiger partial charge in [-0.3, -0.25) is 4.99 Å². The van der Waals surface area contributed by atoms with Crippen molar-refractivity contribution >= 4 is 17.0 Å². The number of ether oxygens (including phenoxy) is 1. The van der Waals surface area contributed by atoms with Crippen LogP contribution in [0, 0.1) is 0 Å². The lowest BCUT2D eigenvalue weighted by Crippen LogP contribution is -2.14. The Kier molecular flexibility index (Phi) is 7.19. The first-order chi connectivity index (χ1) is 12.0. The predicted octanol–water partition coefficient (Wildman–Crippen LogP) is 5.12. The molecule has 0 saturated heterocycles. The number of unbranched alkanes of at least 4 members (excludes halogenated alkanes) is 1. The van der Waals surface area contributed by atoms with E-state index >= 15 is 0 Å². The summed E-state index contributed by atoms with van der Waals surface area (Å²) >= 11 is 1.61.